The number of rotatable bonds is 2. The van der Waals surface area contributed by atoms with Crippen LogP contribution in [0.25, 0.3) is 0 Å². The first-order valence-corrected chi connectivity index (χ1v) is 6.65. The van der Waals surface area contributed by atoms with Gasteiger partial charge in [-0.25, -0.2) is 4.98 Å². The van der Waals surface area contributed by atoms with E-state index < -0.39 is 4.92 Å². The molecule has 0 spiro atoms. The third-order valence-corrected chi connectivity index (χ3v) is 3.70. The predicted molar refractivity (Wildman–Crippen MR) is 77.7 cm³/mol. The summed E-state index contributed by atoms with van der Waals surface area (Å²) in [5.74, 6) is -0.374. The third kappa shape index (κ3) is 2.34. The van der Waals surface area contributed by atoms with Gasteiger partial charge in [0.2, 0.25) is 0 Å². The number of hydrogen-bond acceptors (Lipinski definition) is 4. The second kappa shape index (κ2) is 5.14. The molecule has 3 rings (SSSR count). The van der Waals surface area contributed by atoms with Gasteiger partial charge in [0, 0.05) is 18.3 Å². The van der Waals surface area contributed by atoms with Crippen LogP contribution in [-0.4, -0.2) is 22.4 Å². The molecule has 0 N–H and O–H groups in total. The zero-order chi connectivity index (χ0) is 15.0. The van der Waals surface area contributed by atoms with Gasteiger partial charge in [0.05, 0.1) is 10.5 Å². The van der Waals surface area contributed by atoms with Crippen LogP contribution in [0.3, 0.4) is 0 Å². The minimum atomic E-state index is -0.599. The summed E-state index contributed by atoms with van der Waals surface area (Å²) < 4.78 is 0. The maximum atomic E-state index is 12.6. The van der Waals surface area contributed by atoms with Crippen LogP contribution in [-0.2, 0) is 6.42 Å². The topological polar surface area (TPSA) is 76.3 Å². The fraction of sp³-hybridized carbons (Fsp3) is 0.143. The van der Waals surface area contributed by atoms with E-state index >= 15 is 0 Å². The van der Waals surface area contributed by atoms with Crippen LogP contribution in [0.5, 0.6) is 0 Å². The Bertz CT molecular complexity index is 748. The van der Waals surface area contributed by atoms with Crippen molar-refractivity contribution >= 4 is 28.9 Å². The number of hydrogen-bond donors (Lipinski definition) is 0. The van der Waals surface area contributed by atoms with Crippen molar-refractivity contribution in [1.29, 1.82) is 0 Å². The Labute approximate surface area is 125 Å². The SMILES string of the molecule is O=C(c1cc([N+](=O)[O-])cnc1Cl)N1CCc2ccccc21. The standard InChI is InChI=1S/C14H10ClN3O3/c15-13-11(7-10(8-16-13)18(20)21)14(19)17-6-5-9-3-1-2-4-12(9)17/h1-4,7-8H,5-6H2. The molecule has 106 valence electrons. The van der Waals surface area contributed by atoms with Crippen molar-refractivity contribution < 1.29 is 9.72 Å². The first kappa shape index (κ1) is 13.5. The molecule has 0 bridgehead atoms. The van der Waals surface area contributed by atoms with E-state index in [1.165, 1.54) is 6.07 Å². The summed E-state index contributed by atoms with van der Waals surface area (Å²) in [6, 6.07) is 8.72. The third-order valence-electron chi connectivity index (χ3n) is 3.40. The van der Waals surface area contributed by atoms with Gasteiger partial charge in [-0.3, -0.25) is 14.9 Å². The van der Waals surface area contributed by atoms with Crippen LogP contribution in [0.15, 0.2) is 36.5 Å². The van der Waals surface area contributed by atoms with Gasteiger partial charge < -0.3 is 4.90 Å². The number of carbonyl (C=O) groups is 1. The summed E-state index contributed by atoms with van der Waals surface area (Å²) in [6.45, 7) is 0.525. The number of fused-ring (bicyclic) bond motifs is 1. The number of anilines is 1. The molecule has 0 atom stereocenters. The summed E-state index contributed by atoms with van der Waals surface area (Å²) in [6.07, 6.45) is 1.79. The molecule has 0 radical (unpaired) electrons. The summed E-state index contributed by atoms with van der Waals surface area (Å²) >= 11 is 5.92. The van der Waals surface area contributed by atoms with Gasteiger partial charge in [-0.05, 0) is 18.1 Å². The molecule has 2 aromatic rings. The zero-order valence-electron chi connectivity index (χ0n) is 10.8. The molecular weight excluding hydrogens is 294 g/mol. The van der Waals surface area contributed by atoms with Crippen molar-refractivity contribution in [2.75, 3.05) is 11.4 Å². The van der Waals surface area contributed by atoms with Gasteiger partial charge in [-0.2, -0.15) is 0 Å². The van der Waals surface area contributed by atoms with Gasteiger partial charge in [0.15, 0.2) is 0 Å². The number of aromatic nitrogens is 1. The van der Waals surface area contributed by atoms with Gasteiger partial charge in [-0.1, -0.05) is 29.8 Å². The van der Waals surface area contributed by atoms with E-state index in [-0.39, 0.29) is 22.3 Å². The fourth-order valence-electron chi connectivity index (χ4n) is 2.38. The summed E-state index contributed by atoms with van der Waals surface area (Å²) in [7, 11) is 0. The highest BCUT2D eigenvalue weighted by Crippen LogP contribution is 2.30. The molecule has 0 saturated carbocycles. The molecule has 0 unspecified atom stereocenters. The molecule has 1 amide bonds. The van der Waals surface area contributed by atoms with Crippen molar-refractivity contribution in [2.45, 2.75) is 6.42 Å². The highest BCUT2D eigenvalue weighted by Gasteiger charge is 2.28. The number of pyridine rings is 1. The summed E-state index contributed by atoms with van der Waals surface area (Å²) in [5, 5.41) is 10.8. The first-order valence-electron chi connectivity index (χ1n) is 6.27. The van der Waals surface area contributed by atoms with Crippen LogP contribution in [0.4, 0.5) is 11.4 Å². The molecule has 0 aliphatic carbocycles. The number of benzene rings is 1. The smallest absolute Gasteiger partial charge is 0.288 e. The van der Waals surface area contributed by atoms with Crippen molar-refractivity contribution in [3.8, 4) is 0 Å². The summed E-state index contributed by atoms with van der Waals surface area (Å²) in [5.41, 5.74) is 1.67. The number of carbonyl (C=O) groups excluding carboxylic acids is 1. The highest BCUT2D eigenvalue weighted by atomic mass is 35.5. The highest BCUT2D eigenvalue weighted by molar-refractivity contribution is 6.33. The molecule has 2 heterocycles. The molecule has 7 heteroatoms. The normalized spacial score (nSPS) is 13.1. The largest absolute Gasteiger partial charge is 0.308 e. The van der Waals surface area contributed by atoms with Gasteiger partial charge >= 0.3 is 0 Å². The van der Waals surface area contributed by atoms with E-state index in [0.717, 1.165) is 23.9 Å². The van der Waals surface area contributed by atoms with E-state index in [1.807, 2.05) is 24.3 Å². The maximum Gasteiger partial charge on any atom is 0.288 e. The fourth-order valence-corrected chi connectivity index (χ4v) is 2.57. The second-order valence-electron chi connectivity index (χ2n) is 4.62. The molecular formula is C14H10ClN3O3. The molecule has 1 aromatic heterocycles. The second-order valence-corrected chi connectivity index (χ2v) is 4.98. The molecule has 1 aliphatic heterocycles. The van der Waals surface area contributed by atoms with Crippen LogP contribution >= 0.6 is 11.6 Å². The van der Waals surface area contributed by atoms with Crippen molar-refractivity contribution in [3.63, 3.8) is 0 Å². The lowest BCUT2D eigenvalue weighted by Gasteiger charge is -2.17. The average Bonchev–Trinajstić information content (AvgIpc) is 2.90. The van der Waals surface area contributed by atoms with E-state index in [4.69, 9.17) is 11.6 Å². The number of amides is 1. The van der Waals surface area contributed by atoms with Gasteiger partial charge in [-0.15, -0.1) is 0 Å². The lowest BCUT2D eigenvalue weighted by atomic mass is 10.2. The van der Waals surface area contributed by atoms with E-state index in [2.05, 4.69) is 4.98 Å². The molecule has 6 nitrogen and oxygen atoms in total. The Balaban J connectivity index is 2.00. The van der Waals surface area contributed by atoms with Gasteiger partial charge in [0.25, 0.3) is 11.6 Å². The van der Waals surface area contributed by atoms with Gasteiger partial charge in [0.1, 0.15) is 11.3 Å². The molecule has 21 heavy (non-hydrogen) atoms. The lowest BCUT2D eigenvalue weighted by Crippen LogP contribution is -2.29. The minimum absolute atomic E-state index is 0.0324. The number of nitro groups is 1. The molecule has 1 aliphatic rings. The van der Waals surface area contributed by atoms with Crippen molar-refractivity contribution in [2.24, 2.45) is 0 Å². The Morgan fingerprint density at radius 3 is 2.90 bits per heavy atom. The molecule has 0 fully saturated rings. The lowest BCUT2D eigenvalue weighted by molar-refractivity contribution is -0.385. The van der Waals surface area contributed by atoms with Crippen molar-refractivity contribution in [3.05, 3.63) is 62.9 Å². The Morgan fingerprint density at radius 1 is 1.38 bits per heavy atom. The Hall–Kier alpha value is -2.47. The van der Waals surface area contributed by atoms with E-state index in [9.17, 15) is 14.9 Å². The van der Waals surface area contributed by atoms with Crippen LogP contribution in [0, 0.1) is 10.1 Å². The Morgan fingerprint density at radius 2 is 2.14 bits per heavy atom. The number of para-hydroxylation sites is 1. The summed E-state index contributed by atoms with van der Waals surface area (Å²) in [4.78, 5) is 28.1. The van der Waals surface area contributed by atoms with E-state index in [0.29, 0.717) is 6.54 Å². The monoisotopic (exact) mass is 303 g/mol. The van der Waals surface area contributed by atoms with Crippen LogP contribution in [0.1, 0.15) is 15.9 Å². The van der Waals surface area contributed by atoms with Crippen LogP contribution in [0.2, 0.25) is 5.15 Å². The minimum Gasteiger partial charge on any atom is -0.308 e. The van der Waals surface area contributed by atoms with E-state index in [1.54, 1.807) is 4.90 Å². The first-order chi connectivity index (χ1) is 10.1. The molecule has 1 aromatic carbocycles. The quantitative estimate of drug-likeness (QED) is 0.485. The predicted octanol–water partition coefficient (Wildman–Crippen LogP) is 2.85. The Kier molecular flexibility index (Phi) is 3.31. The number of nitrogens with zero attached hydrogens (tertiary/aromatic N) is 3. The van der Waals surface area contributed by atoms with Crippen LogP contribution < -0.4 is 4.90 Å². The maximum absolute atomic E-state index is 12.6. The zero-order valence-corrected chi connectivity index (χ0v) is 11.6. The number of halogens is 1. The average molecular weight is 304 g/mol. The van der Waals surface area contributed by atoms with Crippen molar-refractivity contribution in [1.82, 2.24) is 4.98 Å². The molecule has 0 saturated heterocycles.